The molecule has 31 heavy (non-hydrogen) atoms. The first-order chi connectivity index (χ1) is 15.1. The van der Waals surface area contributed by atoms with Gasteiger partial charge in [-0.2, -0.15) is 5.10 Å². The van der Waals surface area contributed by atoms with Crippen molar-refractivity contribution in [2.45, 2.75) is 25.9 Å². The van der Waals surface area contributed by atoms with E-state index in [1.807, 2.05) is 16.9 Å². The van der Waals surface area contributed by atoms with Crippen LogP contribution in [0.5, 0.6) is 0 Å². The maximum Gasteiger partial charge on any atom is 0.223 e. The van der Waals surface area contributed by atoms with Crippen molar-refractivity contribution < 1.29 is 13.6 Å². The van der Waals surface area contributed by atoms with E-state index in [1.165, 1.54) is 18.2 Å². The molecule has 0 aliphatic carbocycles. The maximum atomic E-state index is 13.7. The van der Waals surface area contributed by atoms with Gasteiger partial charge in [-0.15, -0.1) is 0 Å². The summed E-state index contributed by atoms with van der Waals surface area (Å²) >= 11 is 0. The Morgan fingerprint density at radius 1 is 1.03 bits per heavy atom. The highest BCUT2D eigenvalue weighted by molar-refractivity contribution is 5.78. The summed E-state index contributed by atoms with van der Waals surface area (Å²) in [4.78, 5) is 14.7. The van der Waals surface area contributed by atoms with Crippen LogP contribution < -0.4 is 5.32 Å². The molecule has 0 saturated carbocycles. The van der Waals surface area contributed by atoms with Crippen LogP contribution in [0, 0.1) is 17.6 Å². The van der Waals surface area contributed by atoms with E-state index < -0.39 is 0 Å². The summed E-state index contributed by atoms with van der Waals surface area (Å²) in [6.07, 6.45) is 3.99. The highest BCUT2D eigenvalue weighted by Crippen LogP contribution is 2.20. The minimum atomic E-state index is -0.262. The summed E-state index contributed by atoms with van der Waals surface area (Å²) in [5, 5.41) is 7.53. The van der Waals surface area contributed by atoms with Crippen LogP contribution in [0.1, 0.15) is 18.4 Å². The van der Waals surface area contributed by atoms with Gasteiger partial charge in [-0.3, -0.25) is 14.4 Å². The standard InChI is InChI=1S/C24H26F2N4O/c25-21-7-5-19(6-8-21)23-12-16-30(28-23)17-29-14-10-20(11-15-29)24(31)27-13-9-18-3-1-2-4-22(18)26/h1-8,12,16,20H,9-11,13-15,17H2,(H,27,31). The number of nitrogens with one attached hydrogen (secondary N) is 1. The lowest BCUT2D eigenvalue weighted by molar-refractivity contribution is -0.126. The molecular formula is C24H26F2N4O. The summed E-state index contributed by atoms with van der Waals surface area (Å²) in [5.41, 5.74) is 2.31. The number of aromatic nitrogens is 2. The van der Waals surface area contributed by atoms with Crippen LogP contribution >= 0.6 is 0 Å². The predicted octanol–water partition coefficient (Wildman–Crippen LogP) is 3.86. The molecule has 2 aromatic carbocycles. The zero-order valence-electron chi connectivity index (χ0n) is 17.3. The van der Waals surface area contributed by atoms with Crippen molar-refractivity contribution in [3.8, 4) is 11.3 Å². The quantitative estimate of drug-likeness (QED) is 0.627. The molecule has 0 spiro atoms. The van der Waals surface area contributed by atoms with Crippen LogP contribution in [0.3, 0.4) is 0 Å². The Bertz CT molecular complexity index is 1010. The number of amides is 1. The average Bonchev–Trinajstić information content (AvgIpc) is 3.24. The van der Waals surface area contributed by atoms with Crippen LogP contribution in [0.2, 0.25) is 0 Å². The van der Waals surface area contributed by atoms with Crippen LogP contribution in [0.4, 0.5) is 8.78 Å². The Balaban J connectivity index is 1.21. The van der Waals surface area contributed by atoms with Crippen molar-refractivity contribution in [3.05, 3.63) is 78.0 Å². The topological polar surface area (TPSA) is 50.2 Å². The molecule has 1 aliphatic rings. The van der Waals surface area contributed by atoms with Gasteiger partial charge in [0.2, 0.25) is 5.91 Å². The zero-order chi connectivity index (χ0) is 21.6. The fourth-order valence-corrected chi connectivity index (χ4v) is 3.92. The second kappa shape index (κ2) is 9.83. The van der Waals surface area contributed by atoms with E-state index in [0.717, 1.165) is 37.2 Å². The predicted molar refractivity (Wildman–Crippen MR) is 115 cm³/mol. The maximum absolute atomic E-state index is 13.7. The van der Waals surface area contributed by atoms with E-state index in [2.05, 4.69) is 15.3 Å². The van der Waals surface area contributed by atoms with E-state index in [1.54, 1.807) is 30.3 Å². The Labute approximate surface area is 180 Å². The van der Waals surface area contributed by atoms with Gasteiger partial charge in [-0.05, 0) is 61.2 Å². The minimum Gasteiger partial charge on any atom is -0.356 e. The molecule has 1 fully saturated rings. The number of halogens is 2. The third-order valence-electron chi connectivity index (χ3n) is 5.74. The third-order valence-corrected chi connectivity index (χ3v) is 5.74. The van der Waals surface area contributed by atoms with Gasteiger partial charge in [-0.1, -0.05) is 18.2 Å². The van der Waals surface area contributed by atoms with Crippen molar-refractivity contribution in [3.63, 3.8) is 0 Å². The lowest BCUT2D eigenvalue weighted by atomic mass is 9.96. The van der Waals surface area contributed by atoms with Gasteiger partial charge in [0.05, 0.1) is 12.4 Å². The lowest BCUT2D eigenvalue weighted by Crippen LogP contribution is -2.41. The fourth-order valence-electron chi connectivity index (χ4n) is 3.92. The van der Waals surface area contributed by atoms with Gasteiger partial charge in [0.15, 0.2) is 0 Å². The molecule has 162 valence electrons. The SMILES string of the molecule is O=C(NCCc1ccccc1F)C1CCN(Cn2ccc(-c3ccc(F)cc3)n2)CC1. The summed E-state index contributed by atoms with van der Waals surface area (Å²) in [6.45, 7) is 2.73. The molecule has 1 aromatic heterocycles. The monoisotopic (exact) mass is 424 g/mol. The molecule has 3 aromatic rings. The van der Waals surface area contributed by atoms with E-state index >= 15 is 0 Å². The van der Waals surface area contributed by atoms with Crippen LogP contribution in [0.15, 0.2) is 60.8 Å². The number of rotatable bonds is 7. The van der Waals surface area contributed by atoms with Gasteiger partial charge >= 0.3 is 0 Å². The Hall–Kier alpha value is -3.06. The summed E-state index contributed by atoms with van der Waals surface area (Å²) in [5.74, 6) is -0.452. The number of likely N-dealkylation sites (tertiary alicyclic amines) is 1. The number of hydrogen-bond acceptors (Lipinski definition) is 3. The fraction of sp³-hybridized carbons (Fsp3) is 0.333. The number of hydrogen-bond donors (Lipinski definition) is 1. The Morgan fingerprint density at radius 3 is 2.52 bits per heavy atom. The molecule has 0 unspecified atom stereocenters. The van der Waals surface area contributed by atoms with Crippen molar-refractivity contribution in [1.82, 2.24) is 20.0 Å². The van der Waals surface area contributed by atoms with Crippen molar-refractivity contribution in [2.75, 3.05) is 19.6 Å². The van der Waals surface area contributed by atoms with Crippen LogP contribution in [-0.4, -0.2) is 40.2 Å². The van der Waals surface area contributed by atoms with Crippen molar-refractivity contribution in [1.29, 1.82) is 0 Å². The highest BCUT2D eigenvalue weighted by Gasteiger charge is 2.25. The van der Waals surface area contributed by atoms with Gasteiger partial charge in [0, 0.05) is 37.3 Å². The Morgan fingerprint density at radius 2 is 1.77 bits per heavy atom. The second-order valence-corrected chi connectivity index (χ2v) is 7.91. The number of benzene rings is 2. The number of carbonyl (C=O) groups is 1. The molecule has 1 saturated heterocycles. The molecule has 1 amide bonds. The zero-order valence-corrected chi connectivity index (χ0v) is 17.3. The molecule has 0 radical (unpaired) electrons. The van der Waals surface area contributed by atoms with Gasteiger partial charge in [-0.25, -0.2) is 8.78 Å². The molecule has 4 rings (SSSR count). The molecule has 7 heteroatoms. The summed E-state index contributed by atoms with van der Waals surface area (Å²) in [7, 11) is 0. The van der Waals surface area contributed by atoms with Gasteiger partial charge < -0.3 is 5.32 Å². The minimum absolute atomic E-state index is 0.00994. The third kappa shape index (κ3) is 5.55. The van der Waals surface area contributed by atoms with Crippen molar-refractivity contribution >= 4 is 5.91 Å². The smallest absolute Gasteiger partial charge is 0.223 e. The molecule has 2 heterocycles. The van der Waals surface area contributed by atoms with Crippen LogP contribution in [0.25, 0.3) is 11.3 Å². The molecule has 1 N–H and O–H groups in total. The lowest BCUT2D eigenvalue weighted by Gasteiger charge is -2.31. The highest BCUT2D eigenvalue weighted by atomic mass is 19.1. The molecule has 1 aliphatic heterocycles. The normalized spacial score (nSPS) is 15.2. The molecule has 0 atom stereocenters. The first-order valence-electron chi connectivity index (χ1n) is 10.6. The largest absolute Gasteiger partial charge is 0.356 e. The first kappa shape index (κ1) is 21.2. The molecule has 0 bridgehead atoms. The van der Waals surface area contributed by atoms with E-state index in [4.69, 9.17) is 0 Å². The van der Waals surface area contributed by atoms with E-state index in [-0.39, 0.29) is 23.5 Å². The van der Waals surface area contributed by atoms with Gasteiger partial charge in [0.1, 0.15) is 11.6 Å². The average molecular weight is 424 g/mol. The number of carbonyl (C=O) groups excluding carboxylic acids is 1. The summed E-state index contributed by atoms with van der Waals surface area (Å²) < 4.78 is 28.6. The Kier molecular flexibility index (Phi) is 6.72. The second-order valence-electron chi connectivity index (χ2n) is 7.91. The number of nitrogens with zero attached hydrogens (tertiary/aromatic N) is 3. The first-order valence-corrected chi connectivity index (χ1v) is 10.6. The van der Waals surface area contributed by atoms with Crippen molar-refractivity contribution in [2.24, 2.45) is 5.92 Å². The van der Waals surface area contributed by atoms with E-state index in [9.17, 15) is 13.6 Å². The van der Waals surface area contributed by atoms with E-state index in [0.29, 0.717) is 25.2 Å². The van der Waals surface area contributed by atoms with Crippen LogP contribution in [-0.2, 0) is 17.9 Å². The number of piperidine rings is 1. The summed E-state index contributed by atoms with van der Waals surface area (Å²) in [6, 6.07) is 14.9. The molecule has 5 nitrogen and oxygen atoms in total. The molecular weight excluding hydrogens is 398 g/mol. The van der Waals surface area contributed by atoms with Gasteiger partial charge in [0.25, 0.3) is 0 Å².